The molecule has 13 heavy (non-hydrogen) atoms. The number of halogens is 2. The molecule has 1 aromatic heterocycles. The molecule has 0 aliphatic rings. The molecule has 1 rings (SSSR count). The molecule has 4 nitrogen and oxygen atoms in total. The molecule has 0 spiro atoms. The number of hydrogen-bond acceptors (Lipinski definition) is 3. The van der Waals surface area contributed by atoms with Crippen LogP contribution in [-0.4, -0.2) is 13.4 Å². The average Bonchev–Trinajstić information content (AvgIpc) is 2.02. The Kier molecular flexibility index (Phi) is 3.28. The standard InChI is InChI=1S/C6H6BrClN2O2S/c7-3-4-1-2-5(10-6(4)8)13(9,11)12/h1-2H,3H2,(H2,9,11,12). The van der Waals surface area contributed by atoms with Gasteiger partial charge < -0.3 is 0 Å². The zero-order chi connectivity index (χ0) is 10.1. The van der Waals surface area contributed by atoms with E-state index in [1.807, 2.05) is 0 Å². The summed E-state index contributed by atoms with van der Waals surface area (Å²) >= 11 is 8.85. The van der Waals surface area contributed by atoms with Gasteiger partial charge in [-0.3, -0.25) is 0 Å². The number of rotatable bonds is 2. The molecule has 0 bridgehead atoms. The molecule has 1 heterocycles. The Balaban J connectivity index is 3.26. The number of nitrogens with zero attached hydrogens (tertiary/aromatic N) is 1. The van der Waals surface area contributed by atoms with Crippen LogP contribution in [0.25, 0.3) is 0 Å². The molecule has 7 heteroatoms. The van der Waals surface area contributed by atoms with E-state index in [1.165, 1.54) is 6.07 Å². The normalized spacial score (nSPS) is 11.6. The lowest BCUT2D eigenvalue weighted by molar-refractivity contribution is 0.594. The van der Waals surface area contributed by atoms with Crippen LogP contribution in [0, 0.1) is 0 Å². The van der Waals surface area contributed by atoms with Crippen LogP contribution < -0.4 is 5.14 Å². The van der Waals surface area contributed by atoms with Gasteiger partial charge in [0.25, 0.3) is 10.0 Å². The van der Waals surface area contributed by atoms with Gasteiger partial charge in [0.2, 0.25) is 0 Å². The van der Waals surface area contributed by atoms with E-state index in [0.717, 1.165) is 0 Å². The second-order valence-electron chi connectivity index (χ2n) is 2.28. The van der Waals surface area contributed by atoms with Gasteiger partial charge in [-0.05, 0) is 6.07 Å². The van der Waals surface area contributed by atoms with Crippen molar-refractivity contribution < 1.29 is 8.42 Å². The van der Waals surface area contributed by atoms with Gasteiger partial charge in [-0.15, -0.1) is 0 Å². The van der Waals surface area contributed by atoms with Gasteiger partial charge in [0.1, 0.15) is 5.15 Å². The fraction of sp³-hybridized carbons (Fsp3) is 0.167. The minimum Gasteiger partial charge on any atom is -0.223 e. The SMILES string of the molecule is NS(=O)(=O)c1ccc(CBr)c(Cl)n1. The largest absolute Gasteiger partial charge is 0.255 e. The Morgan fingerprint density at radius 1 is 1.54 bits per heavy atom. The summed E-state index contributed by atoms with van der Waals surface area (Å²) in [6.07, 6.45) is 0. The van der Waals surface area contributed by atoms with Crippen LogP contribution in [0.3, 0.4) is 0 Å². The molecule has 0 atom stereocenters. The second kappa shape index (κ2) is 3.91. The lowest BCUT2D eigenvalue weighted by atomic mass is 10.3. The van der Waals surface area contributed by atoms with E-state index < -0.39 is 10.0 Å². The second-order valence-corrected chi connectivity index (χ2v) is 4.71. The first-order chi connectivity index (χ1) is 5.95. The maximum atomic E-state index is 10.8. The highest BCUT2D eigenvalue weighted by atomic mass is 79.9. The van der Waals surface area contributed by atoms with Gasteiger partial charge in [0.15, 0.2) is 5.03 Å². The Morgan fingerprint density at radius 3 is 2.54 bits per heavy atom. The van der Waals surface area contributed by atoms with E-state index in [4.69, 9.17) is 16.7 Å². The number of primary sulfonamides is 1. The van der Waals surface area contributed by atoms with E-state index in [0.29, 0.717) is 10.9 Å². The van der Waals surface area contributed by atoms with Crippen LogP contribution in [0.2, 0.25) is 5.15 Å². The van der Waals surface area contributed by atoms with Crippen LogP contribution in [0.1, 0.15) is 5.56 Å². The van der Waals surface area contributed by atoms with E-state index in [-0.39, 0.29) is 10.2 Å². The van der Waals surface area contributed by atoms with Gasteiger partial charge in [0, 0.05) is 10.9 Å². The molecule has 0 aromatic carbocycles. The molecule has 0 aliphatic heterocycles. The molecular formula is C6H6BrClN2O2S. The zero-order valence-electron chi connectivity index (χ0n) is 6.37. The summed E-state index contributed by atoms with van der Waals surface area (Å²) in [5.41, 5.74) is 0.717. The monoisotopic (exact) mass is 284 g/mol. The van der Waals surface area contributed by atoms with Gasteiger partial charge in [-0.2, -0.15) is 0 Å². The molecule has 0 amide bonds. The number of aromatic nitrogens is 1. The third kappa shape index (κ3) is 2.63. The Hall–Kier alpha value is -0.170. The van der Waals surface area contributed by atoms with Gasteiger partial charge >= 0.3 is 0 Å². The van der Waals surface area contributed by atoms with Crippen LogP contribution in [0.4, 0.5) is 0 Å². The van der Waals surface area contributed by atoms with Crippen LogP contribution >= 0.6 is 27.5 Å². The molecular weight excluding hydrogens is 280 g/mol. The first-order valence-electron chi connectivity index (χ1n) is 3.19. The molecule has 2 N–H and O–H groups in total. The first kappa shape index (κ1) is 10.9. The highest BCUT2D eigenvalue weighted by molar-refractivity contribution is 9.08. The topological polar surface area (TPSA) is 73.1 Å². The molecule has 0 fully saturated rings. The first-order valence-corrected chi connectivity index (χ1v) is 6.24. The van der Waals surface area contributed by atoms with Crippen molar-refractivity contribution >= 4 is 37.6 Å². The lowest BCUT2D eigenvalue weighted by Crippen LogP contribution is -2.14. The predicted molar refractivity (Wildman–Crippen MR) is 53.3 cm³/mol. The highest BCUT2D eigenvalue weighted by Gasteiger charge is 2.11. The summed E-state index contributed by atoms with van der Waals surface area (Å²) in [5.74, 6) is 0. The predicted octanol–water partition coefficient (Wildman–Crippen LogP) is 1.28. The average molecular weight is 286 g/mol. The Labute approximate surface area is 89.3 Å². The third-order valence-corrected chi connectivity index (χ3v) is 3.08. The third-order valence-electron chi connectivity index (χ3n) is 1.34. The van der Waals surface area contributed by atoms with Crippen molar-refractivity contribution in [2.24, 2.45) is 5.14 Å². The Morgan fingerprint density at radius 2 is 2.15 bits per heavy atom. The highest BCUT2D eigenvalue weighted by Crippen LogP contribution is 2.17. The number of pyridine rings is 1. The van der Waals surface area contributed by atoms with Crippen molar-refractivity contribution in [1.82, 2.24) is 4.98 Å². The summed E-state index contributed by atoms with van der Waals surface area (Å²) in [7, 11) is -3.76. The molecule has 0 saturated heterocycles. The van der Waals surface area contributed by atoms with Gasteiger partial charge in [-0.25, -0.2) is 18.5 Å². The molecule has 0 saturated carbocycles. The molecule has 0 aliphatic carbocycles. The quantitative estimate of drug-likeness (QED) is 0.657. The maximum Gasteiger partial charge on any atom is 0.255 e. The van der Waals surface area contributed by atoms with E-state index in [1.54, 1.807) is 6.07 Å². The van der Waals surface area contributed by atoms with Crippen LogP contribution in [0.5, 0.6) is 0 Å². The van der Waals surface area contributed by atoms with E-state index in [9.17, 15) is 8.42 Å². The Bertz CT molecular complexity index is 421. The summed E-state index contributed by atoms with van der Waals surface area (Å²) < 4.78 is 21.7. The van der Waals surface area contributed by atoms with Crippen molar-refractivity contribution in [2.45, 2.75) is 10.4 Å². The fourth-order valence-electron chi connectivity index (χ4n) is 0.705. The zero-order valence-corrected chi connectivity index (χ0v) is 9.53. The van der Waals surface area contributed by atoms with Crippen LogP contribution in [0.15, 0.2) is 17.2 Å². The minimum atomic E-state index is -3.76. The molecule has 72 valence electrons. The fourth-order valence-corrected chi connectivity index (χ4v) is 2.07. The minimum absolute atomic E-state index is 0.142. The molecule has 1 aromatic rings. The van der Waals surface area contributed by atoms with Crippen molar-refractivity contribution in [3.05, 3.63) is 22.8 Å². The molecule has 0 unspecified atom stereocenters. The van der Waals surface area contributed by atoms with Crippen molar-refractivity contribution in [3.8, 4) is 0 Å². The summed E-state index contributed by atoms with van der Waals surface area (Å²) in [5, 5.41) is 5.30. The summed E-state index contributed by atoms with van der Waals surface area (Å²) in [6, 6.07) is 2.88. The summed E-state index contributed by atoms with van der Waals surface area (Å²) in [6.45, 7) is 0. The van der Waals surface area contributed by atoms with Crippen molar-refractivity contribution in [3.63, 3.8) is 0 Å². The smallest absolute Gasteiger partial charge is 0.223 e. The molecule has 0 radical (unpaired) electrons. The van der Waals surface area contributed by atoms with E-state index >= 15 is 0 Å². The van der Waals surface area contributed by atoms with E-state index in [2.05, 4.69) is 20.9 Å². The number of hydrogen-bond donors (Lipinski definition) is 1. The number of nitrogens with two attached hydrogens (primary N) is 1. The van der Waals surface area contributed by atoms with Gasteiger partial charge in [-0.1, -0.05) is 33.6 Å². The maximum absolute atomic E-state index is 10.8. The van der Waals surface area contributed by atoms with Crippen molar-refractivity contribution in [1.29, 1.82) is 0 Å². The number of sulfonamides is 1. The summed E-state index contributed by atoms with van der Waals surface area (Å²) in [4.78, 5) is 3.64. The van der Waals surface area contributed by atoms with Gasteiger partial charge in [0.05, 0.1) is 0 Å². The lowest BCUT2D eigenvalue weighted by Gasteiger charge is -2.01. The van der Waals surface area contributed by atoms with Crippen molar-refractivity contribution in [2.75, 3.05) is 0 Å². The number of alkyl halides is 1. The van der Waals surface area contributed by atoms with Crippen LogP contribution in [-0.2, 0) is 15.4 Å².